The summed E-state index contributed by atoms with van der Waals surface area (Å²) in [5, 5.41) is 12.7. The number of nitrogens with one attached hydrogen (secondary N) is 1. The molecule has 1 saturated heterocycles. The lowest BCUT2D eigenvalue weighted by Gasteiger charge is -2.36. The van der Waals surface area contributed by atoms with Gasteiger partial charge in [-0.25, -0.2) is 0 Å². The highest BCUT2D eigenvalue weighted by molar-refractivity contribution is 7.99. The molecule has 1 aliphatic heterocycles. The lowest BCUT2D eigenvalue weighted by atomic mass is 10.0. The van der Waals surface area contributed by atoms with Gasteiger partial charge in [0.1, 0.15) is 0 Å². The number of hydrogen-bond donors (Lipinski definition) is 1. The minimum atomic E-state index is -0.314. The molecule has 1 atom stereocenters. The second kappa shape index (κ2) is 13.3. The van der Waals surface area contributed by atoms with Gasteiger partial charge in [-0.1, -0.05) is 68.1 Å². The monoisotopic (exact) mass is 532 g/mol. The van der Waals surface area contributed by atoms with E-state index in [4.69, 9.17) is 0 Å². The number of rotatable bonds is 11. The van der Waals surface area contributed by atoms with E-state index in [0.717, 1.165) is 13.1 Å². The number of carbonyl (C=O) groups is 2. The minimum Gasteiger partial charge on any atom is -0.368 e. The van der Waals surface area contributed by atoms with E-state index in [2.05, 4.69) is 53.0 Å². The Morgan fingerprint density at radius 2 is 1.66 bits per heavy atom. The molecule has 1 unspecified atom stereocenters. The minimum absolute atomic E-state index is 0.0912. The van der Waals surface area contributed by atoms with E-state index < -0.39 is 0 Å². The van der Waals surface area contributed by atoms with Crippen LogP contribution in [0, 0.1) is 5.92 Å². The summed E-state index contributed by atoms with van der Waals surface area (Å²) >= 11 is 1.38. The molecule has 1 N–H and O–H groups in total. The number of aromatic nitrogens is 3. The molecular weight excluding hydrogens is 496 g/mol. The number of nitrogens with zero attached hydrogens (tertiary/aromatic N) is 5. The smallest absolute Gasteiger partial charge is 0.251 e. The van der Waals surface area contributed by atoms with Crippen LogP contribution in [0.25, 0.3) is 0 Å². The van der Waals surface area contributed by atoms with Gasteiger partial charge in [-0.05, 0) is 36.6 Å². The molecule has 0 aliphatic carbocycles. The molecule has 8 nitrogen and oxygen atoms in total. The van der Waals surface area contributed by atoms with Crippen molar-refractivity contribution in [3.8, 4) is 0 Å². The van der Waals surface area contributed by atoms with E-state index in [0.29, 0.717) is 48.5 Å². The Hall–Kier alpha value is -3.59. The van der Waals surface area contributed by atoms with Crippen molar-refractivity contribution in [2.75, 3.05) is 36.8 Å². The quantitative estimate of drug-likeness (QED) is 0.291. The topological polar surface area (TPSA) is 83.4 Å². The first-order chi connectivity index (χ1) is 18.5. The predicted molar refractivity (Wildman–Crippen MR) is 152 cm³/mol. The Morgan fingerprint density at radius 1 is 1.00 bits per heavy atom. The van der Waals surface area contributed by atoms with Gasteiger partial charge in [-0.15, -0.1) is 16.8 Å². The van der Waals surface area contributed by atoms with Crippen molar-refractivity contribution in [1.29, 1.82) is 0 Å². The number of benzene rings is 2. The third kappa shape index (κ3) is 7.04. The van der Waals surface area contributed by atoms with Crippen molar-refractivity contribution in [3.05, 3.63) is 84.7 Å². The van der Waals surface area contributed by atoms with Gasteiger partial charge in [-0.3, -0.25) is 9.59 Å². The Bertz CT molecular complexity index is 1210. The fraction of sp³-hybridized carbons (Fsp3) is 0.379. The maximum atomic E-state index is 13.0. The molecule has 2 heterocycles. The third-order valence-electron chi connectivity index (χ3n) is 6.50. The molecule has 0 radical (unpaired) electrons. The summed E-state index contributed by atoms with van der Waals surface area (Å²) in [6.45, 7) is 11.6. The van der Waals surface area contributed by atoms with Gasteiger partial charge < -0.3 is 19.7 Å². The normalized spacial score (nSPS) is 14.4. The molecule has 1 fully saturated rings. The average molecular weight is 533 g/mol. The first-order valence-electron chi connectivity index (χ1n) is 13.1. The molecule has 0 spiro atoms. The molecule has 2 aromatic carbocycles. The summed E-state index contributed by atoms with van der Waals surface area (Å²) in [7, 11) is 0. The van der Waals surface area contributed by atoms with Crippen molar-refractivity contribution in [2.45, 2.75) is 38.0 Å². The van der Waals surface area contributed by atoms with Crippen LogP contribution in [0.1, 0.15) is 42.5 Å². The SMILES string of the molecule is C=CCn1c(SCC(=O)N2CCN(c3ccccc3)CC2)nnc1C(CC(C)C)NC(=O)c1ccccc1. The first kappa shape index (κ1) is 27.4. The number of hydrogen-bond acceptors (Lipinski definition) is 6. The zero-order valence-corrected chi connectivity index (χ0v) is 22.9. The highest BCUT2D eigenvalue weighted by Gasteiger charge is 2.26. The van der Waals surface area contributed by atoms with Crippen molar-refractivity contribution < 1.29 is 9.59 Å². The second-order valence-electron chi connectivity index (χ2n) is 9.75. The molecule has 1 aromatic heterocycles. The Labute approximate surface area is 229 Å². The van der Waals surface area contributed by atoms with Crippen molar-refractivity contribution in [3.63, 3.8) is 0 Å². The third-order valence-corrected chi connectivity index (χ3v) is 7.45. The van der Waals surface area contributed by atoms with Crippen LogP contribution in [-0.2, 0) is 11.3 Å². The molecule has 0 saturated carbocycles. The summed E-state index contributed by atoms with van der Waals surface area (Å²) in [6, 6.07) is 19.2. The van der Waals surface area contributed by atoms with Gasteiger partial charge in [0.15, 0.2) is 11.0 Å². The zero-order valence-electron chi connectivity index (χ0n) is 22.1. The number of piperazine rings is 1. The van der Waals surface area contributed by atoms with E-state index in [-0.39, 0.29) is 23.6 Å². The molecule has 200 valence electrons. The van der Waals surface area contributed by atoms with Crippen LogP contribution in [0.2, 0.25) is 0 Å². The van der Waals surface area contributed by atoms with Gasteiger partial charge in [0.05, 0.1) is 11.8 Å². The highest BCUT2D eigenvalue weighted by atomic mass is 32.2. The summed E-state index contributed by atoms with van der Waals surface area (Å²) in [4.78, 5) is 30.2. The molecule has 1 aliphatic rings. The Balaban J connectivity index is 1.41. The van der Waals surface area contributed by atoms with E-state index in [9.17, 15) is 9.59 Å². The van der Waals surface area contributed by atoms with Gasteiger partial charge in [-0.2, -0.15) is 0 Å². The Morgan fingerprint density at radius 3 is 2.29 bits per heavy atom. The molecule has 4 rings (SSSR count). The molecule has 3 aromatic rings. The average Bonchev–Trinajstić information content (AvgIpc) is 3.34. The number of thioether (sulfide) groups is 1. The number of carbonyl (C=O) groups excluding carboxylic acids is 2. The van der Waals surface area contributed by atoms with E-state index >= 15 is 0 Å². The van der Waals surface area contributed by atoms with Crippen LogP contribution >= 0.6 is 11.8 Å². The number of allylic oxidation sites excluding steroid dienone is 1. The van der Waals surface area contributed by atoms with Crippen LogP contribution < -0.4 is 10.2 Å². The van der Waals surface area contributed by atoms with Crippen molar-refractivity contribution in [2.24, 2.45) is 5.92 Å². The largest absolute Gasteiger partial charge is 0.368 e. The number of anilines is 1. The van der Waals surface area contributed by atoms with Crippen LogP contribution in [-0.4, -0.2) is 63.4 Å². The summed E-state index contributed by atoms with van der Waals surface area (Å²) < 4.78 is 1.95. The van der Waals surface area contributed by atoms with Crippen LogP contribution in [0.4, 0.5) is 5.69 Å². The van der Waals surface area contributed by atoms with Crippen LogP contribution in [0.5, 0.6) is 0 Å². The van der Waals surface area contributed by atoms with Gasteiger partial charge in [0.25, 0.3) is 5.91 Å². The van der Waals surface area contributed by atoms with Gasteiger partial charge in [0.2, 0.25) is 5.91 Å². The fourth-order valence-electron chi connectivity index (χ4n) is 4.57. The molecule has 0 bridgehead atoms. The highest BCUT2D eigenvalue weighted by Crippen LogP contribution is 2.26. The standard InChI is InChI=1S/C29H36N6O2S/c1-4-15-35-27(25(20-22(2)3)30-28(37)23-11-7-5-8-12-23)31-32-29(35)38-21-26(36)34-18-16-33(17-19-34)24-13-9-6-10-14-24/h4-14,22,25H,1,15-21H2,2-3H3,(H,30,37). The second-order valence-corrected chi connectivity index (χ2v) is 10.7. The predicted octanol–water partition coefficient (Wildman–Crippen LogP) is 4.42. The van der Waals surface area contributed by atoms with E-state index in [1.54, 1.807) is 18.2 Å². The summed E-state index contributed by atoms with van der Waals surface area (Å²) in [5.74, 6) is 1.23. The lowest BCUT2D eigenvalue weighted by Crippen LogP contribution is -2.49. The summed E-state index contributed by atoms with van der Waals surface area (Å²) in [6.07, 6.45) is 2.50. The van der Waals surface area contributed by atoms with Crippen LogP contribution in [0.15, 0.2) is 78.5 Å². The number of para-hydroxylation sites is 1. The zero-order chi connectivity index (χ0) is 26.9. The molecule has 2 amide bonds. The molecule has 38 heavy (non-hydrogen) atoms. The maximum absolute atomic E-state index is 13.0. The van der Waals surface area contributed by atoms with Crippen molar-refractivity contribution >= 4 is 29.3 Å². The van der Waals surface area contributed by atoms with Crippen molar-refractivity contribution in [1.82, 2.24) is 25.0 Å². The van der Waals surface area contributed by atoms with Crippen LogP contribution in [0.3, 0.4) is 0 Å². The number of amides is 2. The fourth-order valence-corrected chi connectivity index (χ4v) is 5.42. The van der Waals surface area contributed by atoms with E-state index in [1.807, 2.05) is 45.9 Å². The van der Waals surface area contributed by atoms with Gasteiger partial charge in [0, 0.05) is 44.0 Å². The van der Waals surface area contributed by atoms with Gasteiger partial charge >= 0.3 is 0 Å². The molecular formula is C29H36N6O2S. The Kier molecular flexibility index (Phi) is 9.59. The lowest BCUT2D eigenvalue weighted by molar-refractivity contribution is -0.128. The maximum Gasteiger partial charge on any atom is 0.251 e. The summed E-state index contributed by atoms with van der Waals surface area (Å²) in [5.41, 5.74) is 1.79. The van der Waals surface area contributed by atoms with E-state index in [1.165, 1.54) is 17.4 Å². The first-order valence-corrected chi connectivity index (χ1v) is 14.0. The molecule has 9 heteroatoms.